The molecule has 0 atom stereocenters. The zero-order valence-corrected chi connectivity index (χ0v) is 20.4. The molecule has 2 rings (SSSR count). The third-order valence-corrected chi connectivity index (χ3v) is 5.20. The summed E-state index contributed by atoms with van der Waals surface area (Å²) in [5.41, 5.74) is 1.47. The minimum atomic E-state index is -0.418. The SMILES string of the molecule is CCOc1cc(/C=C(/C#N)C(=O)NC(C)C)cc(I)c1OCc1ccc(Cl)cc1Cl. The predicted octanol–water partition coefficient (Wildman–Crippen LogP) is 6.01. The fourth-order valence-corrected chi connectivity index (χ4v) is 3.76. The molecule has 8 heteroatoms. The Morgan fingerprint density at radius 2 is 2.00 bits per heavy atom. The lowest BCUT2D eigenvalue weighted by atomic mass is 10.1. The molecule has 2 aromatic rings. The van der Waals surface area contributed by atoms with Crippen LogP contribution in [0.1, 0.15) is 31.9 Å². The lowest BCUT2D eigenvalue weighted by Crippen LogP contribution is -2.30. The van der Waals surface area contributed by atoms with Gasteiger partial charge < -0.3 is 14.8 Å². The maximum Gasteiger partial charge on any atom is 0.262 e. The van der Waals surface area contributed by atoms with Gasteiger partial charge in [0.1, 0.15) is 18.2 Å². The molecule has 0 radical (unpaired) electrons. The maximum atomic E-state index is 12.2. The first-order valence-corrected chi connectivity index (χ1v) is 11.0. The monoisotopic (exact) mass is 558 g/mol. The van der Waals surface area contributed by atoms with E-state index in [0.717, 1.165) is 9.13 Å². The fraction of sp³-hybridized carbons (Fsp3) is 0.273. The molecule has 0 heterocycles. The summed E-state index contributed by atoms with van der Waals surface area (Å²) in [6, 6.07) is 10.7. The second kappa shape index (κ2) is 11.4. The molecular formula is C22H21Cl2IN2O3. The second-order valence-electron chi connectivity index (χ2n) is 6.59. The molecule has 0 unspecified atom stereocenters. The Morgan fingerprint density at radius 1 is 1.27 bits per heavy atom. The lowest BCUT2D eigenvalue weighted by Gasteiger charge is -2.15. The Balaban J connectivity index is 2.34. The third kappa shape index (κ3) is 6.79. The van der Waals surface area contributed by atoms with Crippen LogP contribution in [0.2, 0.25) is 10.0 Å². The first-order valence-electron chi connectivity index (χ1n) is 9.20. The van der Waals surface area contributed by atoms with Crippen LogP contribution in [0.15, 0.2) is 35.9 Å². The quantitative estimate of drug-likeness (QED) is 0.245. The van der Waals surface area contributed by atoms with E-state index in [2.05, 4.69) is 27.9 Å². The zero-order chi connectivity index (χ0) is 22.3. The van der Waals surface area contributed by atoms with Gasteiger partial charge in [0, 0.05) is 21.7 Å². The molecule has 1 N–H and O–H groups in total. The van der Waals surface area contributed by atoms with Gasteiger partial charge in [-0.15, -0.1) is 0 Å². The highest BCUT2D eigenvalue weighted by molar-refractivity contribution is 14.1. The highest BCUT2D eigenvalue weighted by atomic mass is 127. The van der Waals surface area contributed by atoms with Crippen molar-refractivity contribution in [3.8, 4) is 17.6 Å². The molecule has 5 nitrogen and oxygen atoms in total. The van der Waals surface area contributed by atoms with Crippen LogP contribution in [-0.4, -0.2) is 18.6 Å². The van der Waals surface area contributed by atoms with Gasteiger partial charge in [0.2, 0.25) is 0 Å². The molecular weight excluding hydrogens is 538 g/mol. The number of rotatable bonds is 8. The van der Waals surface area contributed by atoms with Gasteiger partial charge in [-0.25, -0.2) is 0 Å². The Morgan fingerprint density at radius 3 is 2.60 bits per heavy atom. The summed E-state index contributed by atoms with van der Waals surface area (Å²) in [7, 11) is 0. The molecule has 0 aliphatic rings. The van der Waals surface area contributed by atoms with Crippen molar-refractivity contribution in [2.45, 2.75) is 33.4 Å². The van der Waals surface area contributed by atoms with Gasteiger partial charge in [-0.3, -0.25) is 4.79 Å². The number of nitrogens with one attached hydrogen (secondary N) is 1. The van der Waals surface area contributed by atoms with E-state index in [9.17, 15) is 10.1 Å². The summed E-state index contributed by atoms with van der Waals surface area (Å²) >= 11 is 14.3. The van der Waals surface area contributed by atoms with Crippen molar-refractivity contribution in [1.29, 1.82) is 5.26 Å². The molecule has 0 spiro atoms. The summed E-state index contributed by atoms with van der Waals surface area (Å²) in [4.78, 5) is 12.2. The Kier molecular flexibility index (Phi) is 9.28. The van der Waals surface area contributed by atoms with Crippen LogP contribution < -0.4 is 14.8 Å². The van der Waals surface area contributed by atoms with Crippen molar-refractivity contribution in [3.63, 3.8) is 0 Å². The highest BCUT2D eigenvalue weighted by Gasteiger charge is 2.15. The van der Waals surface area contributed by atoms with Gasteiger partial charge in [0.15, 0.2) is 11.5 Å². The van der Waals surface area contributed by atoms with Gasteiger partial charge in [-0.05, 0) is 79.3 Å². The standard InChI is InChI=1S/C22H21Cl2IN2O3/c1-4-29-20-9-14(7-16(11-26)22(28)27-13(2)3)8-19(25)21(20)30-12-15-5-6-17(23)10-18(15)24/h5-10,13H,4,12H2,1-3H3,(H,27,28)/b16-7-. The Bertz CT molecular complexity index is 1000. The number of hydrogen-bond acceptors (Lipinski definition) is 4. The smallest absolute Gasteiger partial charge is 0.262 e. The van der Waals surface area contributed by atoms with E-state index < -0.39 is 5.91 Å². The van der Waals surface area contributed by atoms with Crippen molar-refractivity contribution in [2.24, 2.45) is 0 Å². The molecule has 2 aromatic carbocycles. The van der Waals surface area contributed by atoms with E-state index in [-0.39, 0.29) is 18.2 Å². The molecule has 0 saturated carbocycles. The normalized spacial score (nSPS) is 11.2. The molecule has 0 aliphatic heterocycles. The largest absolute Gasteiger partial charge is 0.490 e. The number of hydrogen-bond donors (Lipinski definition) is 1. The average molecular weight is 559 g/mol. The fourth-order valence-electron chi connectivity index (χ4n) is 2.52. The van der Waals surface area contributed by atoms with Gasteiger partial charge in [0.25, 0.3) is 5.91 Å². The van der Waals surface area contributed by atoms with Crippen LogP contribution in [0.5, 0.6) is 11.5 Å². The van der Waals surface area contributed by atoms with Gasteiger partial charge >= 0.3 is 0 Å². The number of carbonyl (C=O) groups is 1. The maximum absolute atomic E-state index is 12.2. The average Bonchev–Trinajstić information content (AvgIpc) is 2.66. The summed E-state index contributed by atoms with van der Waals surface area (Å²) in [5, 5.41) is 13.2. The van der Waals surface area contributed by atoms with Crippen molar-refractivity contribution in [1.82, 2.24) is 5.32 Å². The van der Waals surface area contributed by atoms with Crippen LogP contribution in [0, 0.1) is 14.9 Å². The summed E-state index contributed by atoms with van der Waals surface area (Å²) in [5.74, 6) is 0.659. The number of benzene rings is 2. The molecule has 0 bridgehead atoms. The summed E-state index contributed by atoms with van der Waals surface area (Å²) in [6.45, 7) is 6.21. The molecule has 0 aliphatic carbocycles. The number of nitriles is 1. The van der Waals surface area contributed by atoms with Gasteiger partial charge in [-0.1, -0.05) is 29.3 Å². The summed E-state index contributed by atoms with van der Waals surface area (Å²) in [6.07, 6.45) is 1.53. The molecule has 30 heavy (non-hydrogen) atoms. The van der Waals surface area contributed by atoms with Crippen LogP contribution in [0.3, 0.4) is 0 Å². The van der Waals surface area contributed by atoms with Gasteiger partial charge in [0.05, 0.1) is 10.2 Å². The predicted molar refractivity (Wildman–Crippen MR) is 128 cm³/mol. The number of halogens is 3. The minimum Gasteiger partial charge on any atom is -0.490 e. The van der Waals surface area contributed by atoms with Crippen molar-refractivity contribution in [2.75, 3.05) is 6.61 Å². The highest BCUT2D eigenvalue weighted by Crippen LogP contribution is 2.36. The topological polar surface area (TPSA) is 71.3 Å². The van der Waals surface area contributed by atoms with Crippen LogP contribution in [-0.2, 0) is 11.4 Å². The first-order chi connectivity index (χ1) is 14.2. The number of carbonyl (C=O) groups excluding carboxylic acids is 1. The van der Waals surface area contributed by atoms with Crippen molar-refractivity contribution in [3.05, 3.63) is 60.6 Å². The van der Waals surface area contributed by atoms with Crippen molar-refractivity contribution < 1.29 is 14.3 Å². The minimum absolute atomic E-state index is 0.0172. The van der Waals surface area contributed by atoms with Crippen LogP contribution in [0.4, 0.5) is 0 Å². The van der Waals surface area contributed by atoms with E-state index >= 15 is 0 Å². The van der Waals surface area contributed by atoms with Crippen molar-refractivity contribution >= 4 is 57.8 Å². The second-order valence-corrected chi connectivity index (χ2v) is 8.59. The third-order valence-electron chi connectivity index (χ3n) is 3.81. The van der Waals surface area contributed by atoms with Crippen LogP contribution in [0.25, 0.3) is 6.08 Å². The number of amides is 1. The molecule has 0 fully saturated rings. The van der Waals surface area contributed by atoms with E-state index in [0.29, 0.717) is 33.7 Å². The molecule has 1 amide bonds. The number of ether oxygens (including phenoxy) is 2. The first kappa shape index (κ1) is 24.3. The molecule has 158 valence electrons. The Hall–Kier alpha value is -1.95. The zero-order valence-electron chi connectivity index (χ0n) is 16.8. The van der Waals surface area contributed by atoms with Gasteiger partial charge in [-0.2, -0.15) is 5.26 Å². The molecule has 0 aromatic heterocycles. The molecule has 0 saturated heterocycles. The van der Waals surface area contributed by atoms with E-state index in [1.165, 1.54) is 6.08 Å². The number of nitrogens with zero attached hydrogens (tertiary/aromatic N) is 1. The van der Waals surface area contributed by atoms with E-state index in [1.54, 1.807) is 18.2 Å². The summed E-state index contributed by atoms with van der Waals surface area (Å²) < 4.78 is 12.5. The Labute approximate surface area is 200 Å². The van der Waals surface area contributed by atoms with E-state index in [4.69, 9.17) is 32.7 Å². The van der Waals surface area contributed by atoms with E-state index in [1.807, 2.05) is 39.0 Å². The lowest BCUT2D eigenvalue weighted by molar-refractivity contribution is -0.117. The van der Waals surface area contributed by atoms with Crippen LogP contribution >= 0.6 is 45.8 Å².